The molecule has 0 amide bonds. The lowest BCUT2D eigenvalue weighted by molar-refractivity contribution is 0.628. The number of fused-ring (bicyclic) bond motifs is 3. The molecule has 0 fully saturated rings. The Hall–Kier alpha value is -3.79. The minimum atomic E-state index is -0.283. The highest BCUT2D eigenvalue weighted by atomic mass is 19.1. The van der Waals surface area contributed by atoms with Crippen LogP contribution in [0.4, 0.5) is 15.8 Å². The van der Waals surface area contributed by atoms with Crippen LogP contribution in [0.25, 0.3) is 10.8 Å². The first kappa shape index (κ1) is 17.3. The maximum atomic E-state index is 13.5. The first-order chi connectivity index (χ1) is 14.2. The van der Waals surface area contributed by atoms with Crippen molar-refractivity contribution in [2.24, 2.45) is 9.98 Å². The van der Waals surface area contributed by atoms with Crippen molar-refractivity contribution in [3.8, 4) is 0 Å². The van der Waals surface area contributed by atoms with E-state index in [2.05, 4.69) is 42.6 Å². The number of hydrogen-bond acceptors (Lipinski definition) is 3. The van der Waals surface area contributed by atoms with Gasteiger partial charge in [0.1, 0.15) is 11.7 Å². The Kier molecular flexibility index (Phi) is 4.17. The monoisotopic (exact) mass is 379 g/mol. The number of aryl methyl sites for hydroxylation is 1. The summed E-state index contributed by atoms with van der Waals surface area (Å²) in [4.78, 5) is 9.73. The highest BCUT2D eigenvalue weighted by Gasteiger charge is 2.17. The highest BCUT2D eigenvalue weighted by molar-refractivity contribution is 6.21. The molecule has 4 aromatic carbocycles. The van der Waals surface area contributed by atoms with Crippen LogP contribution in [0.3, 0.4) is 0 Å². The smallest absolute Gasteiger partial charge is 0.162 e. The minimum Gasteiger partial charge on any atom is -0.338 e. The Bertz CT molecular complexity index is 1270. The molecule has 0 saturated carbocycles. The SMILES string of the molecule is Cc1ccc(C2=NC(c3ccc(F)cc3)=Nc3c(ccc4ccccc34)N2)cc1. The Morgan fingerprint density at radius 2 is 1.45 bits per heavy atom. The molecule has 4 heteroatoms. The second-order valence-corrected chi connectivity index (χ2v) is 7.08. The van der Waals surface area contributed by atoms with E-state index in [1.807, 2.05) is 30.3 Å². The molecular weight excluding hydrogens is 361 g/mol. The van der Waals surface area contributed by atoms with Gasteiger partial charge in [0.05, 0.1) is 11.4 Å². The Balaban J connectivity index is 1.74. The van der Waals surface area contributed by atoms with E-state index >= 15 is 0 Å². The number of rotatable bonds is 2. The van der Waals surface area contributed by atoms with Crippen molar-refractivity contribution in [1.29, 1.82) is 0 Å². The van der Waals surface area contributed by atoms with Crippen LogP contribution in [0.1, 0.15) is 16.7 Å². The predicted molar refractivity (Wildman–Crippen MR) is 118 cm³/mol. The van der Waals surface area contributed by atoms with Gasteiger partial charge in [-0.2, -0.15) is 0 Å². The fourth-order valence-electron chi connectivity index (χ4n) is 3.44. The summed E-state index contributed by atoms with van der Waals surface area (Å²) in [6.45, 7) is 2.05. The average molecular weight is 379 g/mol. The third-order valence-corrected chi connectivity index (χ3v) is 5.02. The van der Waals surface area contributed by atoms with Gasteiger partial charge in [0, 0.05) is 16.5 Å². The molecule has 0 radical (unpaired) electrons. The number of aliphatic imine (C=N–C) groups is 2. The zero-order chi connectivity index (χ0) is 19.8. The summed E-state index contributed by atoms with van der Waals surface area (Å²) in [7, 11) is 0. The van der Waals surface area contributed by atoms with Crippen LogP contribution in [0, 0.1) is 12.7 Å². The third-order valence-electron chi connectivity index (χ3n) is 5.02. The largest absolute Gasteiger partial charge is 0.338 e. The second-order valence-electron chi connectivity index (χ2n) is 7.08. The highest BCUT2D eigenvalue weighted by Crippen LogP contribution is 2.36. The van der Waals surface area contributed by atoms with Crippen LogP contribution in [0.5, 0.6) is 0 Å². The lowest BCUT2D eigenvalue weighted by Gasteiger charge is -2.11. The summed E-state index contributed by atoms with van der Waals surface area (Å²) in [6.07, 6.45) is 0. The maximum absolute atomic E-state index is 13.5. The van der Waals surface area contributed by atoms with Gasteiger partial charge < -0.3 is 5.32 Å². The van der Waals surface area contributed by atoms with Crippen molar-refractivity contribution in [2.75, 3.05) is 5.32 Å². The van der Waals surface area contributed by atoms with Gasteiger partial charge >= 0.3 is 0 Å². The quantitative estimate of drug-likeness (QED) is 0.440. The summed E-state index contributed by atoms with van der Waals surface area (Å²) in [6, 6.07) is 26.7. The minimum absolute atomic E-state index is 0.283. The average Bonchev–Trinajstić information content (AvgIpc) is 2.95. The van der Waals surface area contributed by atoms with Crippen molar-refractivity contribution >= 4 is 33.8 Å². The molecule has 5 rings (SSSR count). The lowest BCUT2D eigenvalue weighted by Crippen LogP contribution is -2.15. The molecule has 0 atom stereocenters. The lowest BCUT2D eigenvalue weighted by atomic mass is 10.1. The Morgan fingerprint density at radius 3 is 2.24 bits per heavy atom. The fourth-order valence-corrected chi connectivity index (χ4v) is 3.44. The summed E-state index contributed by atoms with van der Waals surface area (Å²) in [5, 5.41) is 5.60. The van der Waals surface area contributed by atoms with Crippen molar-refractivity contribution < 1.29 is 4.39 Å². The van der Waals surface area contributed by atoms with Crippen LogP contribution in [-0.4, -0.2) is 11.7 Å². The summed E-state index contributed by atoms with van der Waals surface area (Å²) in [5.74, 6) is 0.972. The molecule has 140 valence electrons. The fraction of sp³-hybridized carbons (Fsp3) is 0.0400. The van der Waals surface area contributed by atoms with E-state index in [0.29, 0.717) is 11.7 Å². The number of amidine groups is 2. The number of benzene rings is 4. The number of nitrogens with one attached hydrogen (secondary N) is 1. The van der Waals surface area contributed by atoms with Crippen LogP contribution in [0.2, 0.25) is 0 Å². The molecule has 0 aromatic heterocycles. The first-order valence-electron chi connectivity index (χ1n) is 9.46. The molecule has 0 bridgehead atoms. The molecule has 1 aliphatic heterocycles. The van der Waals surface area contributed by atoms with E-state index in [0.717, 1.165) is 33.3 Å². The molecular formula is C25H18FN3. The van der Waals surface area contributed by atoms with Gasteiger partial charge in [0.25, 0.3) is 0 Å². The van der Waals surface area contributed by atoms with E-state index in [1.54, 1.807) is 12.1 Å². The van der Waals surface area contributed by atoms with Gasteiger partial charge in [-0.15, -0.1) is 0 Å². The molecule has 0 aliphatic carbocycles. The van der Waals surface area contributed by atoms with E-state index in [4.69, 9.17) is 9.98 Å². The summed E-state index contributed by atoms with van der Waals surface area (Å²) < 4.78 is 13.5. The zero-order valence-corrected chi connectivity index (χ0v) is 15.9. The molecule has 1 N–H and O–H groups in total. The molecule has 1 heterocycles. The molecule has 0 unspecified atom stereocenters. The standard InChI is InChI=1S/C25H18FN3/c1-16-6-8-18(9-7-16)24-27-22-15-12-17-4-2-3-5-21(17)23(22)28-25(29-24)19-10-13-20(26)14-11-19/h2-15H,1H3,(H,27,28,29). The second kappa shape index (κ2) is 6.99. The zero-order valence-electron chi connectivity index (χ0n) is 15.9. The van der Waals surface area contributed by atoms with E-state index in [1.165, 1.54) is 17.7 Å². The first-order valence-corrected chi connectivity index (χ1v) is 9.46. The van der Waals surface area contributed by atoms with Crippen molar-refractivity contribution in [3.63, 3.8) is 0 Å². The molecule has 1 aliphatic rings. The molecule has 3 nitrogen and oxygen atoms in total. The van der Waals surface area contributed by atoms with Crippen molar-refractivity contribution in [2.45, 2.75) is 6.92 Å². The Labute approximate surface area is 168 Å². The van der Waals surface area contributed by atoms with Gasteiger partial charge in [0.2, 0.25) is 0 Å². The normalized spacial score (nSPS) is 13.2. The van der Waals surface area contributed by atoms with Gasteiger partial charge in [-0.3, -0.25) is 0 Å². The van der Waals surface area contributed by atoms with E-state index in [9.17, 15) is 4.39 Å². The molecule has 0 spiro atoms. The summed E-state index contributed by atoms with van der Waals surface area (Å²) >= 11 is 0. The maximum Gasteiger partial charge on any atom is 0.162 e. The third kappa shape index (κ3) is 3.29. The van der Waals surface area contributed by atoms with Gasteiger partial charge in [-0.05, 0) is 42.6 Å². The van der Waals surface area contributed by atoms with E-state index < -0.39 is 0 Å². The van der Waals surface area contributed by atoms with Crippen LogP contribution < -0.4 is 5.32 Å². The van der Waals surface area contributed by atoms with Crippen molar-refractivity contribution in [1.82, 2.24) is 0 Å². The number of anilines is 1. The topological polar surface area (TPSA) is 36.8 Å². The molecule has 0 saturated heterocycles. The summed E-state index contributed by atoms with van der Waals surface area (Å²) in [5.41, 5.74) is 4.63. The van der Waals surface area contributed by atoms with Crippen LogP contribution in [0.15, 0.2) is 94.9 Å². The van der Waals surface area contributed by atoms with Crippen molar-refractivity contribution in [3.05, 3.63) is 107 Å². The number of halogens is 1. The van der Waals surface area contributed by atoms with Crippen LogP contribution >= 0.6 is 0 Å². The Morgan fingerprint density at radius 1 is 0.724 bits per heavy atom. The number of hydrogen-bond donors (Lipinski definition) is 1. The van der Waals surface area contributed by atoms with Crippen LogP contribution in [-0.2, 0) is 0 Å². The molecule has 29 heavy (non-hydrogen) atoms. The van der Waals surface area contributed by atoms with Gasteiger partial charge in [0.15, 0.2) is 5.84 Å². The van der Waals surface area contributed by atoms with Gasteiger partial charge in [-0.25, -0.2) is 14.4 Å². The number of nitrogens with zero attached hydrogens (tertiary/aromatic N) is 2. The molecule has 4 aromatic rings. The predicted octanol–water partition coefficient (Wildman–Crippen LogP) is 6.24. The van der Waals surface area contributed by atoms with Gasteiger partial charge in [-0.1, -0.05) is 60.2 Å². The van der Waals surface area contributed by atoms with E-state index in [-0.39, 0.29) is 5.82 Å².